The molecule has 2 amide bonds. The van der Waals surface area contributed by atoms with Crippen LogP contribution in [0, 0.1) is 17.8 Å². The average Bonchev–Trinajstić information content (AvgIpc) is 3.20. The number of nitrogens with one attached hydrogen (secondary N) is 1. The van der Waals surface area contributed by atoms with Gasteiger partial charge in [-0.05, 0) is 41.0 Å². The standard InChI is InChI=1S/C26H24F2N2O5/c27-26(28)20(21(26)22(31)30-12-14-9-25(30,10-14)23(32)33)11-29-24(34)35-13-19-17-7-3-1-5-15(17)16-6-2-4-8-18(16)19/h1-8,14,19-21H,9-13H2,(H,29,34)(H,32,33). The molecule has 0 radical (unpaired) electrons. The molecule has 2 aromatic rings. The van der Waals surface area contributed by atoms with E-state index >= 15 is 0 Å². The summed E-state index contributed by atoms with van der Waals surface area (Å²) in [4.78, 5) is 37.9. The van der Waals surface area contributed by atoms with Gasteiger partial charge < -0.3 is 20.1 Å². The molecule has 0 spiro atoms. The summed E-state index contributed by atoms with van der Waals surface area (Å²) in [5, 5.41) is 11.9. The second-order valence-corrected chi connectivity index (χ2v) is 10.0. The van der Waals surface area contributed by atoms with Gasteiger partial charge in [0.05, 0.1) is 5.92 Å². The second-order valence-electron chi connectivity index (χ2n) is 10.0. The Hall–Kier alpha value is -3.49. The molecule has 2 heterocycles. The molecule has 2 N–H and O–H groups in total. The summed E-state index contributed by atoms with van der Waals surface area (Å²) >= 11 is 0. The fraction of sp³-hybridized carbons (Fsp3) is 0.423. The van der Waals surface area contributed by atoms with Crippen molar-refractivity contribution in [3.8, 4) is 11.1 Å². The zero-order chi connectivity index (χ0) is 24.5. The third kappa shape index (κ3) is 3.17. The molecule has 2 aromatic carbocycles. The molecule has 182 valence electrons. The summed E-state index contributed by atoms with van der Waals surface area (Å²) in [7, 11) is 0. The Kier molecular flexibility index (Phi) is 4.72. The SMILES string of the molecule is O=C(NCC1C(C(=O)N2CC3CC2(C(=O)O)C3)C1(F)F)OCC1c2ccccc2-c2ccccc21. The van der Waals surface area contributed by atoms with E-state index in [1.165, 1.54) is 0 Å². The Morgan fingerprint density at radius 2 is 1.63 bits per heavy atom. The van der Waals surface area contributed by atoms with Gasteiger partial charge in [-0.2, -0.15) is 0 Å². The van der Waals surface area contributed by atoms with Crippen molar-refractivity contribution in [3.63, 3.8) is 0 Å². The summed E-state index contributed by atoms with van der Waals surface area (Å²) in [6.07, 6.45) is -0.199. The summed E-state index contributed by atoms with van der Waals surface area (Å²) in [6, 6.07) is 15.7. The number of carboxylic acid groups (broad SMARTS) is 1. The first-order chi connectivity index (χ1) is 16.7. The van der Waals surface area contributed by atoms with Crippen molar-refractivity contribution in [1.29, 1.82) is 0 Å². The minimum Gasteiger partial charge on any atom is -0.479 e. The maximum Gasteiger partial charge on any atom is 0.407 e. The summed E-state index contributed by atoms with van der Waals surface area (Å²) in [5.74, 6) is -8.36. The van der Waals surface area contributed by atoms with Crippen LogP contribution in [0.25, 0.3) is 11.1 Å². The lowest BCUT2D eigenvalue weighted by molar-refractivity contribution is -0.159. The first-order valence-electron chi connectivity index (χ1n) is 11.8. The van der Waals surface area contributed by atoms with E-state index in [1.807, 2.05) is 48.5 Å². The molecule has 3 aliphatic carbocycles. The Bertz CT molecular complexity index is 1200. The maximum atomic E-state index is 14.5. The first kappa shape index (κ1) is 22.0. The van der Waals surface area contributed by atoms with Crippen molar-refractivity contribution in [2.45, 2.75) is 30.2 Å². The van der Waals surface area contributed by atoms with E-state index in [-0.39, 0.29) is 25.0 Å². The Morgan fingerprint density at radius 3 is 2.23 bits per heavy atom. The van der Waals surface area contributed by atoms with Crippen molar-refractivity contribution in [2.75, 3.05) is 19.7 Å². The highest BCUT2D eigenvalue weighted by Gasteiger charge is 2.75. The molecule has 9 heteroatoms. The molecule has 2 unspecified atom stereocenters. The topological polar surface area (TPSA) is 95.9 Å². The van der Waals surface area contributed by atoms with Gasteiger partial charge in [0, 0.05) is 19.0 Å². The normalized spacial score (nSPS) is 29.1. The van der Waals surface area contributed by atoms with Gasteiger partial charge in [0.2, 0.25) is 5.91 Å². The van der Waals surface area contributed by atoms with Crippen molar-refractivity contribution in [2.24, 2.45) is 17.8 Å². The number of halogens is 2. The predicted molar refractivity (Wildman–Crippen MR) is 120 cm³/mol. The van der Waals surface area contributed by atoms with Gasteiger partial charge in [-0.25, -0.2) is 18.4 Å². The summed E-state index contributed by atoms with van der Waals surface area (Å²) < 4.78 is 34.3. The second kappa shape index (κ2) is 7.50. The molecule has 4 fully saturated rings. The molecule has 7 nitrogen and oxygen atoms in total. The average molecular weight is 482 g/mol. The van der Waals surface area contributed by atoms with Gasteiger partial charge >= 0.3 is 12.1 Å². The van der Waals surface area contributed by atoms with Gasteiger partial charge in [0.25, 0.3) is 5.92 Å². The Labute approximate surface area is 200 Å². The fourth-order valence-electron chi connectivity index (χ4n) is 6.26. The lowest BCUT2D eigenvalue weighted by Crippen LogP contribution is -2.55. The molecule has 2 saturated carbocycles. The smallest absolute Gasteiger partial charge is 0.407 e. The molecular formula is C26H24F2N2O5. The van der Waals surface area contributed by atoms with Crippen molar-refractivity contribution < 1.29 is 33.0 Å². The highest BCUT2D eigenvalue weighted by Crippen LogP contribution is 2.59. The van der Waals surface area contributed by atoms with Crippen LogP contribution in [0.1, 0.15) is 29.9 Å². The quantitative estimate of drug-likeness (QED) is 0.657. The zero-order valence-corrected chi connectivity index (χ0v) is 18.7. The van der Waals surface area contributed by atoms with Crippen LogP contribution in [0.15, 0.2) is 48.5 Å². The molecule has 7 rings (SSSR count). The maximum absolute atomic E-state index is 14.5. The Balaban J connectivity index is 1.07. The zero-order valence-electron chi connectivity index (χ0n) is 18.7. The van der Waals surface area contributed by atoms with Gasteiger partial charge in [0.1, 0.15) is 18.1 Å². The lowest BCUT2D eigenvalue weighted by Gasteiger charge is -2.37. The molecule has 2 bridgehead atoms. The highest BCUT2D eigenvalue weighted by molar-refractivity contribution is 5.92. The monoisotopic (exact) mass is 482 g/mol. The van der Waals surface area contributed by atoms with Crippen molar-refractivity contribution in [3.05, 3.63) is 59.7 Å². The molecule has 2 saturated heterocycles. The molecule has 5 aliphatic rings. The number of hydrogen-bond acceptors (Lipinski definition) is 4. The number of carboxylic acids is 1. The van der Waals surface area contributed by atoms with Crippen molar-refractivity contribution in [1.82, 2.24) is 10.2 Å². The fourth-order valence-corrected chi connectivity index (χ4v) is 6.26. The first-order valence-corrected chi connectivity index (χ1v) is 11.8. The van der Waals surface area contributed by atoms with Crippen LogP contribution in [0.3, 0.4) is 0 Å². The number of carbonyl (C=O) groups is 3. The van der Waals surface area contributed by atoms with Gasteiger partial charge in [-0.15, -0.1) is 0 Å². The van der Waals surface area contributed by atoms with Crippen LogP contribution in [-0.4, -0.2) is 59.1 Å². The van der Waals surface area contributed by atoms with Crippen LogP contribution in [0.2, 0.25) is 0 Å². The predicted octanol–water partition coefficient (Wildman–Crippen LogP) is 3.48. The van der Waals surface area contributed by atoms with Crippen LogP contribution < -0.4 is 5.32 Å². The van der Waals surface area contributed by atoms with E-state index in [2.05, 4.69) is 5.32 Å². The minimum atomic E-state index is -3.29. The number of carbonyl (C=O) groups excluding carboxylic acids is 2. The van der Waals surface area contributed by atoms with Gasteiger partial charge in [-0.1, -0.05) is 48.5 Å². The van der Waals surface area contributed by atoms with E-state index < -0.39 is 47.8 Å². The van der Waals surface area contributed by atoms with E-state index in [0.717, 1.165) is 27.2 Å². The van der Waals surface area contributed by atoms with Gasteiger partial charge in [-0.3, -0.25) is 4.79 Å². The number of rotatable bonds is 6. The van der Waals surface area contributed by atoms with E-state index in [0.29, 0.717) is 12.8 Å². The largest absolute Gasteiger partial charge is 0.479 e. The van der Waals surface area contributed by atoms with E-state index in [1.54, 1.807) is 0 Å². The molecular weight excluding hydrogens is 458 g/mol. The van der Waals surface area contributed by atoms with Crippen LogP contribution in [-0.2, 0) is 14.3 Å². The number of alkyl carbamates (subject to hydrolysis) is 1. The number of alkyl halides is 2. The minimum absolute atomic E-state index is 0.0551. The number of benzene rings is 2. The molecule has 2 aliphatic heterocycles. The molecule has 35 heavy (non-hydrogen) atoms. The number of aliphatic carboxylic acids is 1. The number of amides is 2. The summed E-state index contributed by atoms with van der Waals surface area (Å²) in [6.45, 7) is -0.165. The van der Waals surface area contributed by atoms with Crippen LogP contribution >= 0.6 is 0 Å². The van der Waals surface area contributed by atoms with Crippen molar-refractivity contribution >= 4 is 18.0 Å². The third-order valence-corrected chi connectivity index (χ3v) is 8.15. The number of fused-ring (bicyclic) bond motifs is 4. The number of nitrogens with zero attached hydrogens (tertiary/aromatic N) is 1. The van der Waals surface area contributed by atoms with Crippen LogP contribution in [0.5, 0.6) is 0 Å². The molecule has 0 aromatic heterocycles. The summed E-state index contributed by atoms with van der Waals surface area (Å²) in [5.41, 5.74) is 2.89. The highest BCUT2D eigenvalue weighted by atomic mass is 19.3. The van der Waals surface area contributed by atoms with Crippen LogP contribution in [0.4, 0.5) is 13.6 Å². The van der Waals surface area contributed by atoms with Gasteiger partial charge in [0.15, 0.2) is 0 Å². The molecule has 2 atom stereocenters. The lowest BCUT2D eigenvalue weighted by atomic mass is 9.73. The number of ether oxygens (including phenoxy) is 1. The van der Waals surface area contributed by atoms with E-state index in [4.69, 9.17) is 4.74 Å². The Morgan fingerprint density at radius 1 is 1.03 bits per heavy atom. The van der Waals surface area contributed by atoms with E-state index in [9.17, 15) is 28.3 Å². The number of hydrogen-bond donors (Lipinski definition) is 2. The third-order valence-electron chi connectivity index (χ3n) is 8.15.